The molecule has 3 aliphatic rings. The first-order chi connectivity index (χ1) is 11.2. The van der Waals surface area contributed by atoms with Crippen molar-refractivity contribution in [1.82, 2.24) is 9.80 Å². The van der Waals surface area contributed by atoms with Crippen molar-refractivity contribution >= 4 is 0 Å². The Balaban J connectivity index is 1.31. The molecule has 23 heavy (non-hydrogen) atoms. The zero-order valence-electron chi connectivity index (χ0n) is 14.4. The molecule has 3 heterocycles. The van der Waals surface area contributed by atoms with E-state index in [1.54, 1.807) is 6.26 Å². The molecule has 0 unspecified atom stereocenters. The first-order valence-corrected chi connectivity index (χ1v) is 9.25. The highest BCUT2D eigenvalue weighted by Gasteiger charge is 2.47. The summed E-state index contributed by atoms with van der Waals surface area (Å²) in [5, 5.41) is 0. The quantitative estimate of drug-likeness (QED) is 0.806. The van der Waals surface area contributed by atoms with Gasteiger partial charge in [-0.2, -0.15) is 0 Å². The zero-order chi connectivity index (χ0) is 15.7. The van der Waals surface area contributed by atoms with Gasteiger partial charge in [0.05, 0.1) is 19.4 Å². The van der Waals surface area contributed by atoms with Gasteiger partial charge >= 0.3 is 0 Å². The molecule has 2 aliphatic heterocycles. The van der Waals surface area contributed by atoms with Crippen LogP contribution in [0.15, 0.2) is 22.8 Å². The van der Waals surface area contributed by atoms with Gasteiger partial charge in [-0.05, 0) is 69.3 Å². The number of hydrogen-bond acceptors (Lipinski definition) is 4. The minimum Gasteiger partial charge on any atom is -0.468 e. The third-order valence-corrected chi connectivity index (χ3v) is 6.16. The molecule has 1 saturated carbocycles. The topological polar surface area (TPSA) is 28.9 Å². The number of hydrogen-bond donors (Lipinski definition) is 0. The number of furan rings is 1. The molecule has 128 valence electrons. The summed E-state index contributed by atoms with van der Waals surface area (Å²) >= 11 is 0. The average molecular weight is 318 g/mol. The molecule has 0 N–H and O–H groups in total. The molecule has 1 spiro atoms. The fourth-order valence-corrected chi connectivity index (χ4v) is 4.54. The number of piperidine rings is 1. The van der Waals surface area contributed by atoms with E-state index in [0.29, 0.717) is 5.41 Å². The lowest BCUT2D eigenvalue weighted by Gasteiger charge is -2.42. The molecule has 0 radical (unpaired) electrons. The number of rotatable bonds is 6. The number of ether oxygens (including phenoxy) is 1. The maximum absolute atomic E-state index is 6.07. The Morgan fingerprint density at radius 3 is 2.78 bits per heavy atom. The Morgan fingerprint density at radius 1 is 1.26 bits per heavy atom. The molecule has 3 fully saturated rings. The van der Waals surface area contributed by atoms with Crippen LogP contribution in [0, 0.1) is 17.3 Å². The average Bonchev–Trinajstić information content (AvgIpc) is 3.12. The van der Waals surface area contributed by atoms with Gasteiger partial charge in [0.15, 0.2) is 0 Å². The van der Waals surface area contributed by atoms with Gasteiger partial charge in [-0.1, -0.05) is 0 Å². The largest absolute Gasteiger partial charge is 0.468 e. The minimum absolute atomic E-state index is 0.484. The molecule has 4 heteroatoms. The van der Waals surface area contributed by atoms with E-state index in [4.69, 9.17) is 9.15 Å². The fraction of sp³-hybridized carbons (Fsp3) is 0.789. The smallest absolute Gasteiger partial charge is 0.117 e. The molecular weight excluding hydrogens is 288 g/mol. The first-order valence-electron chi connectivity index (χ1n) is 9.25. The summed E-state index contributed by atoms with van der Waals surface area (Å²) in [4.78, 5) is 5.07. The van der Waals surface area contributed by atoms with Gasteiger partial charge in [0.2, 0.25) is 0 Å². The molecule has 0 bridgehead atoms. The standard InChI is InChI=1S/C19H30N2O2/c1-20-11-17(14-22-13-16-4-5-16)19(15-20)6-8-21(9-7-19)12-18-3-2-10-23-18/h2-3,10,16-17H,4-9,11-15H2,1H3/t17-/m0/s1. The summed E-state index contributed by atoms with van der Waals surface area (Å²) in [7, 11) is 2.28. The van der Waals surface area contributed by atoms with Gasteiger partial charge in [0.25, 0.3) is 0 Å². The van der Waals surface area contributed by atoms with Crippen LogP contribution in [-0.2, 0) is 11.3 Å². The first kappa shape index (κ1) is 15.7. The highest BCUT2D eigenvalue weighted by molar-refractivity contribution is 5.01. The molecule has 1 aromatic rings. The van der Waals surface area contributed by atoms with E-state index in [0.717, 1.165) is 37.4 Å². The highest BCUT2D eigenvalue weighted by Crippen LogP contribution is 2.44. The van der Waals surface area contributed by atoms with Crippen molar-refractivity contribution < 1.29 is 9.15 Å². The second-order valence-corrected chi connectivity index (χ2v) is 8.09. The lowest BCUT2D eigenvalue weighted by Crippen LogP contribution is -2.44. The van der Waals surface area contributed by atoms with Crippen LogP contribution >= 0.6 is 0 Å². The van der Waals surface area contributed by atoms with Gasteiger partial charge < -0.3 is 14.1 Å². The van der Waals surface area contributed by atoms with Gasteiger partial charge in [0.1, 0.15) is 5.76 Å². The van der Waals surface area contributed by atoms with Gasteiger partial charge in [0, 0.05) is 25.6 Å². The number of likely N-dealkylation sites (tertiary alicyclic amines) is 2. The van der Waals surface area contributed by atoms with Crippen molar-refractivity contribution in [2.45, 2.75) is 32.2 Å². The second kappa shape index (κ2) is 6.58. The third kappa shape index (κ3) is 3.65. The molecule has 4 nitrogen and oxygen atoms in total. The van der Waals surface area contributed by atoms with Crippen LogP contribution in [0.1, 0.15) is 31.4 Å². The zero-order valence-corrected chi connectivity index (χ0v) is 14.4. The monoisotopic (exact) mass is 318 g/mol. The molecule has 1 atom stereocenters. The Kier molecular flexibility index (Phi) is 4.48. The van der Waals surface area contributed by atoms with E-state index in [1.165, 1.54) is 51.9 Å². The van der Waals surface area contributed by atoms with Crippen LogP contribution in [0.25, 0.3) is 0 Å². The SMILES string of the molecule is CN1C[C@@H](COCC2CC2)C2(CCN(Cc3ccco3)CC2)C1. The Morgan fingerprint density at radius 2 is 2.09 bits per heavy atom. The van der Waals surface area contributed by atoms with E-state index in [9.17, 15) is 0 Å². The van der Waals surface area contributed by atoms with Crippen molar-refractivity contribution in [3.05, 3.63) is 24.2 Å². The summed E-state index contributed by atoms with van der Waals surface area (Å²) in [5.41, 5.74) is 0.484. The van der Waals surface area contributed by atoms with Crippen molar-refractivity contribution in [3.63, 3.8) is 0 Å². The molecule has 1 aliphatic carbocycles. The fourth-order valence-electron chi connectivity index (χ4n) is 4.54. The molecule has 1 aromatic heterocycles. The summed E-state index contributed by atoms with van der Waals surface area (Å²) in [6, 6.07) is 4.07. The van der Waals surface area contributed by atoms with Crippen LogP contribution in [0.2, 0.25) is 0 Å². The molecular formula is C19H30N2O2. The highest BCUT2D eigenvalue weighted by atomic mass is 16.5. The van der Waals surface area contributed by atoms with Crippen LogP contribution in [-0.4, -0.2) is 56.2 Å². The Bertz CT molecular complexity index is 489. The third-order valence-electron chi connectivity index (χ3n) is 6.16. The van der Waals surface area contributed by atoms with E-state index < -0.39 is 0 Å². The lowest BCUT2D eigenvalue weighted by molar-refractivity contribution is 0.0155. The van der Waals surface area contributed by atoms with E-state index in [1.807, 2.05) is 6.07 Å². The second-order valence-electron chi connectivity index (χ2n) is 8.09. The van der Waals surface area contributed by atoms with Crippen LogP contribution < -0.4 is 0 Å². The van der Waals surface area contributed by atoms with Crippen LogP contribution in [0.5, 0.6) is 0 Å². The van der Waals surface area contributed by atoms with Crippen molar-refractivity contribution in [1.29, 1.82) is 0 Å². The summed E-state index contributed by atoms with van der Waals surface area (Å²) in [5.74, 6) is 2.69. The Labute approximate surface area is 139 Å². The van der Waals surface area contributed by atoms with Crippen molar-refractivity contribution in [2.75, 3.05) is 46.4 Å². The lowest BCUT2D eigenvalue weighted by atomic mass is 9.71. The maximum Gasteiger partial charge on any atom is 0.117 e. The van der Waals surface area contributed by atoms with Crippen LogP contribution in [0.3, 0.4) is 0 Å². The normalized spacial score (nSPS) is 28.7. The Hall–Kier alpha value is -0.840. The van der Waals surface area contributed by atoms with Gasteiger partial charge in [-0.3, -0.25) is 4.90 Å². The van der Waals surface area contributed by atoms with Gasteiger partial charge in [-0.15, -0.1) is 0 Å². The summed E-state index contributed by atoms with van der Waals surface area (Å²) < 4.78 is 11.6. The molecule has 2 saturated heterocycles. The van der Waals surface area contributed by atoms with Crippen molar-refractivity contribution in [2.24, 2.45) is 17.3 Å². The van der Waals surface area contributed by atoms with Crippen molar-refractivity contribution in [3.8, 4) is 0 Å². The van der Waals surface area contributed by atoms with Gasteiger partial charge in [-0.25, -0.2) is 0 Å². The van der Waals surface area contributed by atoms with E-state index in [-0.39, 0.29) is 0 Å². The van der Waals surface area contributed by atoms with Crippen LogP contribution in [0.4, 0.5) is 0 Å². The summed E-state index contributed by atoms with van der Waals surface area (Å²) in [6.45, 7) is 7.77. The predicted octanol–water partition coefficient (Wildman–Crippen LogP) is 2.85. The number of nitrogens with zero attached hydrogens (tertiary/aromatic N) is 2. The predicted molar refractivity (Wildman–Crippen MR) is 90.2 cm³/mol. The summed E-state index contributed by atoms with van der Waals surface area (Å²) in [6.07, 6.45) is 7.15. The maximum atomic E-state index is 6.07. The molecule has 0 aromatic carbocycles. The minimum atomic E-state index is 0.484. The van der Waals surface area contributed by atoms with E-state index >= 15 is 0 Å². The molecule has 4 rings (SSSR count). The van der Waals surface area contributed by atoms with E-state index in [2.05, 4.69) is 22.9 Å². The molecule has 0 amide bonds.